The van der Waals surface area contributed by atoms with E-state index in [1.165, 1.54) is 38.8 Å². The van der Waals surface area contributed by atoms with Crippen LogP contribution >= 0.6 is 0 Å². The van der Waals surface area contributed by atoms with Gasteiger partial charge in [0.05, 0.1) is 0 Å². The number of carbonyl (C=O) groups excluding carboxylic acids is 1. The molecule has 0 spiro atoms. The average molecular weight is 364 g/mol. The molecule has 4 nitrogen and oxygen atoms in total. The highest BCUT2D eigenvalue weighted by atomic mass is 16.5. The van der Waals surface area contributed by atoms with Gasteiger partial charge < -0.3 is 15.0 Å². The summed E-state index contributed by atoms with van der Waals surface area (Å²) in [5, 5.41) is 3.13. The van der Waals surface area contributed by atoms with E-state index in [0.29, 0.717) is 17.2 Å². The SMILES string of the molecule is O=C(NCC1CCCN(CC2CC2)C1)c1cccc(Oc2ccccc2)c1. The van der Waals surface area contributed by atoms with E-state index in [1.807, 2.05) is 54.6 Å². The van der Waals surface area contributed by atoms with Crippen molar-refractivity contribution in [2.75, 3.05) is 26.2 Å². The van der Waals surface area contributed by atoms with Crippen LogP contribution in [0.2, 0.25) is 0 Å². The molecule has 1 N–H and O–H groups in total. The molecule has 1 amide bonds. The summed E-state index contributed by atoms with van der Waals surface area (Å²) < 4.78 is 5.83. The van der Waals surface area contributed by atoms with Gasteiger partial charge in [-0.1, -0.05) is 24.3 Å². The van der Waals surface area contributed by atoms with Crippen LogP contribution in [0, 0.1) is 11.8 Å². The highest BCUT2D eigenvalue weighted by Crippen LogP contribution is 2.31. The minimum atomic E-state index is -0.0205. The van der Waals surface area contributed by atoms with Crippen molar-refractivity contribution >= 4 is 5.91 Å². The molecule has 1 heterocycles. The third-order valence-corrected chi connectivity index (χ3v) is 5.44. The van der Waals surface area contributed by atoms with Crippen molar-refractivity contribution < 1.29 is 9.53 Å². The van der Waals surface area contributed by atoms with Crippen molar-refractivity contribution in [1.29, 1.82) is 0 Å². The van der Waals surface area contributed by atoms with Gasteiger partial charge in [0.2, 0.25) is 0 Å². The summed E-state index contributed by atoms with van der Waals surface area (Å²) in [5.41, 5.74) is 0.647. The fourth-order valence-electron chi connectivity index (χ4n) is 3.81. The van der Waals surface area contributed by atoms with Crippen molar-refractivity contribution in [2.24, 2.45) is 11.8 Å². The van der Waals surface area contributed by atoms with Crippen LogP contribution in [0.15, 0.2) is 54.6 Å². The maximum Gasteiger partial charge on any atom is 0.251 e. The molecule has 0 radical (unpaired) electrons. The maximum atomic E-state index is 12.6. The Balaban J connectivity index is 1.29. The number of benzene rings is 2. The molecule has 0 aromatic heterocycles. The van der Waals surface area contributed by atoms with Crippen molar-refractivity contribution in [3.8, 4) is 11.5 Å². The van der Waals surface area contributed by atoms with Crippen LogP contribution in [0.3, 0.4) is 0 Å². The Labute approximate surface area is 161 Å². The Morgan fingerprint density at radius 1 is 1.00 bits per heavy atom. The third kappa shape index (κ3) is 5.33. The minimum absolute atomic E-state index is 0.0205. The lowest BCUT2D eigenvalue weighted by atomic mass is 9.97. The second-order valence-electron chi connectivity index (χ2n) is 7.86. The first-order valence-corrected chi connectivity index (χ1v) is 10.1. The van der Waals surface area contributed by atoms with Gasteiger partial charge >= 0.3 is 0 Å². The molecule has 1 unspecified atom stereocenters. The van der Waals surface area contributed by atoms with Crippen LogP contribution in [0.5, 0.6) is 11.5 Å². The number of hydrogen-bond donors (Lipinski definition) is 1. The van der Waals surface area contributed by atoms with Gasteiger partial charge in [-0.05, 0) is 74.4 Å². The Hall–Kier alpha value is -2.33. The molecular formula is C23H28N2O2. The van der Waals surface area contributed by atoms with E-state index >= 15 is 0 Å². The Bertz CT molecular complexity index is 758. The molecule has 1 aliphatic carbocycles. The van der Waals surface area contributed by atoms with E-state index in [-0.39, 0.29) is 5.91 Å². The number of nitrogens with one attached hydrogen (secondary N) is 1. The first kappa shape index (κ1) is 18.1. The molecule has 0 bridgehead atoms. The quantitative estimate of drug-likeness (QED) is 0.795. The minimum Gasteiger partial charge on any atom is -0.457 e. The summed E-state index contributed by atoms with van der Waals surface area (Å²) >= 11 is 0. The summed E-state index contributed by atoms with van der Waals surface area (Å²) in [4.78, 5) is 15.2. The van der Waals surface area contributed by atoms with Gasteiger partial charge in [-0.15, -0.1) is 0 Å². The molecule has 27 heavy (non-hydrogen) atoms. The Morgan fingerprint density at radius 3 is 2.63 bits per heavy atom. The summed E-state index contributed by atoms with van der Waals surface area (Å²) in [6, 6.07) is 17.0. The molecule has 2 fully saturated rings. The van der Waals surface area contributed by atoms with Crippen molar-refractivity contribution in [1.82, 2.24) is 10.2 Å². The van der Waals surface area contributed by atoms with Crippen molar-refractivity contribution in [3.63, 3.8) is 0 Å². The lowest BCUT2D eigenvalue weighted by molar-refractivity contribution is 0.0931. The van der Waals surface area contributed by atoms with Gasteiger partial charge in [0.25, 0.3) is 5.91 Å². The second-order valence-corrected chi connectivity index (χ2v) is 7.86. The number of likely N-dealkylation sites (tertiary alicyclic amines) is 1. The fourth-order valence-corrected chi connectivity index (χ4v) is 3.81. The molecule has 2 aromatic rings. The second kappa shape index (κ2) is 8.57. The largest absolute Gasteiger partial charge is 0.457 e. The van der Waals surface area contributed by atoms with Crippen LogP contribution < -0.4 is 10.1 Å². The number of carbonyl (C=O) groups is 1. The first-order chi connectivity index (χ1) is 13.3. The van der Waals surface area contributed by atoms with Crippen LogP contribution in [0.1, 0.15) is 36.0 Å². The maximum absolute atomic E-state index is 12.6. The lowest BCUT2D eigenvalue weighted by Crippen LogP contribution is -2.41. The molecular weight excluding hydrogens is 336 g/mol. The highest BCUT2D eigenvalue weighted by molar-refractivity contribution is 5.94. The lowest BCUT2D eigenvalue weighted by Gasteiger charge is -2.32. The summed E-state index contributed by atoms with van der Waals surface area (Å²) in [5.74, 6) is 2.93. The molecule has 1 aliphatic heterocycles. The normalized spacial score (nSPS) is 20.2. The summed E-state index contributed by atoms with van der Waals surface area (Å²) in [6.07, 6.45) is 5.25. The van der Waals surface area contributed by atoms with Gasteiger partial charge in [-0.2, -0.15) is 0 Å². The third-order valence-electron chi connectivity index (χ3n) is 5.44. The predicted molar refractivity (Wildman–Crippen MR) is 107 cm³/mol. The van der Waals surface area contributed by atoms with Crippen LogP contribution in [-0.2, 0) is 0 Å². The number of rotatable bonds is 7. The van der Waals surface area contributed by atoms with E-state index < -0.39 is 0 Å². The first-order valence-electron chi connectivity index (χ1n) is 10.1. The molecule has 4 rings (SSSR count). The standard InChI is InChI=1S/C23H28N2O2/c26-23(24-15-19-6-5-13-25(17-19)16-18-11-12-18)20-7-4-10-22(14-20)27-21-8-2-1-3-9-21/h1-4,7-10,14,18-19H,5-6,11-13,15-17H2,(H,24,26). The molecule has 1 saturated carbocycles. The summed E-state index contributed by atoms with van der Waals surface area (Å²) in [7, 11) is 0. The topological polar surface area (TPSA) is 41.6 Å². The number of piperidine rings is 1. The predicted octanol–water partition coefficient (Wildman–Crippen LogP) is 4.33. The van der Waals surface area contributed by atoms with Gasteiger partial charge in [0, 0.05) is 25.2 Å². The average Bonchev–Trinajstić information content (AvgIpc) is 3.51. The zero-order chi connectivity index (χ0) is 18.5. The van der Waals surface area contributed by atoms with Crippen LogP contribution in [0.4, 0.5) is 0 Å². The summed E-state index contributed by atoms with van der Waals surface area (Å²) in [6.45, 7) is 4.35. The van der Waals surface area contributed by atoms with Gasteiger partial charge in [0.1, 0.15) is 11.5 Å². The van der Waals surface area contributed by atoms with E-state index in [2.05, 4.69) is 10.2 Å². The Morgan fingerprint density at radius 2 is 1.81 bits per heavy atom. The Kier molecular flexibility index (Phi) is 5.73. The monoisotopic (exact) mass is 364 g/mol. The molecule has 4 heteroatoms. The number of nitrogens with zero attached hydrogens (tertiary/aromatic N) is 1. The smallest absolute Gasteiger partial charge is 0.251 e. The van der Waals surface area contributed by atoms with Crippen molar-refractivity contribution in [2.45, 2.75) is 25.7 Å². The van der Waals surface area contributed by atoms with Crippen LogP contribution in [-0.4, -0.2) is 37.0 Å². The molecule has 142 valence electrons. The fraction of sp³-hybridized carbons (Fsp3) is 0.435. The number of ether oxygens (including phenoxy) is 1. The van der Waals surface area contributed by atoms with E-state index in [4.69, 9.17) is 4.74 Å². The number of hydrogen-bond acceptors (Lipinski definition) is 3. The van der Waals surface area contributed by atoms with E-state index in [0.717, 1.165) is 24.8 Å². The highest BCUT2D eigenvalue weighted by Gasteiger charge is 2.27. The van der Waals surface area contributed by atoms with E-state index in [1.54, 1.807) is 0 Å². The molecule has 1 saturated heterocycles. The molecule has 2 aromatic carbocycles. The van der Waals surface area contributed by atoms with E-state index in [9.17, 15) is 4.79 Å². The van der Waals surface area contributed by atoms with Gasteiger partial charge in [-0.3, -0.25) is 4.79 Å². The molecule has 1 atom stereocenters. The number of amides is 1. The van der Waals surface area contributed by atoms with Gasteiger partial charge in [0.15, 0.2) is 0 Å². The van der Waals surface area contributed by atoms with Gasteiger partial charge in [-0.25, -0.2) is 0 Å². The van der Waals surface area contributed by atoms with Crippen molar-refractivity contribution in [3.05, 3.63) is 60.2 Å². The van der Waals surface area contributed by atoms with Crippen LogP contribution in [0.25, 0.3) is 0 Å². The molecule has 2 aliphatic rings. The zero-order valence-electron chi connectivity index (χ0n) is 15.8. The number of para-hydroxylation sites is 1. The zero-order valence-corrected chi connectivity index (χ0v) is 15.8.